The molecule has 3 nitrogen and oxygen atoms in total. The lowest BCUT2D eigenvalue weighted by Gasteiger charge is -2.18. The van der Waals surface area contributed by atoms with Crippen molar-refractivity contribution in [2.75, 3.05) is 0 Å². The van der Waals surface area contributed by atoms with Gasteiger partial charge in [0.05, 0.1) is 11.6 Å². The molecule has 0 aromatic heterocycles. The molecule has 19 heavy (non-hydrogen) atoms. The van der Waals surface area contributed by atoms with Gasteiger partial charge in [-0.3, -0.25) is 4.79 Å². The minimum Gasteiger partial charge on any atom is -0.346 e. The van der Waals surface area contributed by atoms with Crippen molar-refractivity contribution in [3.05, 3.63) is 35.4 Å². The molecule has 1 aromatic rings. The molecule has 1 amide bonds. The van der Waals surface area contributed by atoms with E-state index < -0.39 is 24.6 Å². The molecule has 8 heteroatoms. The average Bonchev–Trinajstić information content (AvgIpc) is 2.34. The lowest BCUT2D eigenvalue weighted by molar-refractivity contribution is -0.269. The highest BCUT2D eigenvalue weighted by Gasteiger charge is 2.63. The maximum atomic E-state index is 12.6. The summed E-state index contributed by atoms with van der Waals surface area (Å²) in [6.45, 7) is -0.528. The molecule has 0 unspecified atom stereocenters. The van der Waals surface area contributed by atoms with E-state index in [-0.39, 0.29) is 11.1 Å². The van der Waals surface area contributed by atoms with Gasteiger partial charge in [-0.1, -0.05) is 12.1 Å². The Morgan fingerprint density at radius 3 is 2.42 bits per heavy atom. The highest BCUT2D eigenvalue weighted by molar-refractivity contribution is 5.84. The van der Waals surface area contributed by atoms with E-state index in [1.54, 1.807) is 6.07 Å². The lowest BCUT2D eigenvalue weighted by atomic mass is 10.1. The van der Waals surface area contributed by atoms with E-state index in [2.05, 4.69) is 0 Å². The highest BCUT2D eigenvalue weighted by Crippen LogP contribution is 2.35. The Bertz CT molecular complexity index is 519. The summed E-state index contributed by atoms with van der Waals surface area (Å²) in [6.07, 6.45) is -5.94. The molecule has 0 spiro atoms. The lowest BCUT2D eigenvalue weighted by Crippen LogP contribution is -2.50. The first-order chi connectivity index (χ1) is 8.68. The standard InChI is InChI=1S/C11H7F5N2O/c12-10(13,11(14,15)16)9(19)18-6-8-3-1-2-7(4-8)5-17/h1-4H,6H2,(H,18,19). The summed E-state index contributed by atoms with van der Waals surface area (Å²) in [4.78, 5) is 10.8. The fourth-order valence-corrected chi connectivity index (χ4v) is 1.17. The van der Waals surface area contributed by atoms with Gasteiger partial charge in [-0.15, -0.1) is 0 Å². The maximum absolute atomic E-state index is 12.6. The molecule has 0 bridgehead atoms. The number of carbonyl (C=O) groups excluding carboxylic acids is 1. The van der Waals surface area contributed by atoms with E-state index in [0.717, 1.165) is 0 Å². The van der Waals surface area contributed by atoms with Gasteiger partial charge in [0.2, 0.25) is 0 Å². The second-order valence-corrected chi connectivity index (χ2v) is 3.57. The molecule has 0 aliphatic rings. The quantitative estimate of drug-likeness (QED) is 0.863. The Kier molecular flexibility index (Phi) is 4.09. The number of nitrogens with zero attached hydrogens (tertiary/aromatic N) is 1. The summed E-state index contributed by atoms with van der Waals surface area (Å²) in [6, 6.07) is 7.27. The number of nitrogens with one attached hydrogen (secondary N) is 1. The fraction of sp³-hybridized carbons (Fsp3) is 0.273. The molecule has 102 valence electrons. The molecule has 1 N–H and O–H groups in total. The Hall–Kier alpha value is -2.17. The van der Waals surface area contributed by atoms with Crippen LogP contribution >= 0.6 is 0 Å². The van der Waals surface area contributed by atoms with E-state index in [0.29, 0.717) is 0 Å². The number of benzene rings is 1. The fourth-order valence-electron chi connectivity index (χ4n) is 1.17. The van der Waals surface area contributed by atoms with Crippen LogP contribution in [0.2, 0.25) is 0 Å². The average molecular weight is 278 g/mol. The Balaban J connectivity index is 2.72. The van der Waals surface area contributed by atoms with Crippen LogP contribution in [-0.2, 0) is 11.3 Å². The number of rotatable bonds is 3. The number of amides is 1. The largest absolute Gasteiger partial charge is 0.463 e. The van der Waals surface area contributed by atoms with Gasteiger partial charge in [-0.2, -0.15) is 27.2 Å². The smallest absolute Gasteiger partial charge is 0.346 e. The van der Waals surface area contributed by atoms with Gasteiger partial charge in [-0.25, -0.2) is 0 Å². The summed E-state index contributed by atoms with van der Waals surface area (Å²) in [5.74, 6) is -7.87. The topological polar surface area (TPSA) is 52.9 Å². The molecule has 0 saturated carbocycles. The van der Waals surface area contributed by atoms with Gasteiger partial charge in [0, 0.05) is 6.54 Å². The second kappa shape index (κ2) is 5.22. The van der Waals surface area contributed by atoms with Crippen LogP contribution in [0.3, 0.4) is 0 Å². The first-order valence-electron chi connectivity index (χ1n) is 4.90. The minimum absolute atomic E-state index is 0.203. The van der Waals surface area contributed by atoms with Crippen molar-refractivity contribution in [2.24, 2.45) is 0 Å². The first kappa shape index (κ1) is 14.9. The van der Waals surface area contributed by atoms with Crippen molar-refractivity contribution in [1.82, 2.24) is 5.32 Å². The molecule has 1 aromatic carbocycles. The molecule has 0 atom stereocenters. The van der Waals surface area contributed by atoms with Crippen LogP contribution < -0.4 is 5.32 Å². The number of hydrogen-bond acceptors (Lipinski definition) is 2. The number of hydrogen-bond donors (Lipinski definition) is 1. The van der Waals surface area contributed by atoms with Gasteiger partial charge < -0.3 is 5.32 Å². The normalized spacial score (nSPS) is 11.8. The third-order valence-corrected chi connectivity index (χ3v) is 2.15. The summed E-state index contributed by atoms with van der Waals surface area (Å²) >= 11 is 0. The monoisotopic (exact) mass is 278 g/mol. The molecule has 0 aliphatic heterocycles. The molecular formula is C11H7F5N2O. The molecule has 1 rings (SSSR count). The number of alkyl halides is 5. The molecule has 0 aliphatic carbocycles. The van der Waals surface area contributed by atoms with Crippen molar-refractivity contribution in [1.29, 1.82) is 5.26 Å². The number of nitriles is 1. The predicted molar refractivity (Wildman–Crippen MR) is 54.0 cm³/mol. The van der Waals surface area contributed by atoms with Crippen LogP contribution in [0, 0.1) is 11.3 Å². The van der Waals surface area contributed by atoms with E-state index >= 15 is 0 Å². The van der Waals surface area contributed by atoms with Crippen molar-refractivity contribution >= 4 is 5.91 Å². The number of carbonyl (C=O) groups is 1. The zero-order valence-corrected chi connectivity index (χ0v) is 9.26. The number of halogens is 5. The van der Waals surface area contributed by atoms with Gasteiger partial charge in [-0.05, 0) is 17.7 Å². The molecule has 0 fully saturated rings. The molecule has 0 radical (unpaired) electrons. The third kappa shape index (κ3) is 3.40. The van der Waals surface area contributed by atoms with E-state index in [4.69, 9.17) is 5.26 Å². The highest BCUT2D eigenvalue weighted by atomic mass is 19.4. The van der Waals surface area contributed by atoms with E-state index in [1.165, 1.54) is 29.6 Å². The summed E-state index contributed by atoms with van der Waals surface area (Å²) < 4.78 is 60.8. The van der Waals surface area contributed by atoms with Gasteiger partial charge in [0.15, 0.2) is 0 Å². The molecular weight excluding hydrogens is 271 g/mol. The van der Waals surface area contributed by atoms with Crippen molar-refractivity contribution < 1.29 is 26.7 Å². The van der Waals surface area contributed by atoms with Crippen LogP contribution in [0.5, 0.6) is 0 Å². The van der Waals surface area contributed by atoms with Gasteiger partial charge in [0.1, 0.15) is 0 Å². The zero-order chi connectivity index (χ0) is 14.7. The van der Waals surface area contributed by atoms with Crippen molar-refractivity contribution in [3.63, 3.8) is 0 Å². The van der Waals surface area contributed by atoms with Crippen LogP contribution in [0.15, 0.2) is 24.3 Å². The third-order valence-electron chi connectivity index (χ3n) is 2.15. The molecule has 0 saturated heterocycles. The van der Waals surface area contributed by atoms with Crippen LogP contribution in [0.25, 0.3) is 0 Å². The molecule has 0 heterocycles. The van der Waals surface area contributed by atoms with Gasteiger partial charge in [0.25, 0.3) is 0 Å². The van der Waals surface area contributed by atoms with Crippen LogP contribution in [0.4, 0.5) is 22.0 Å². The van der Waals surface area contributed by atoms with E-state index in [1.807, 2.05) is 0 Å². The van der Waals surface area contributed by atoms with Crippen LogP contribution in [0.1, 0.15) is 11.1 Å². The maximum Gasteiger partial charge on any atom is 0.463 e. The van der Waals surface area contributed by atoms with Crippen molar-refractivity contribution in [2.45, 2.75) is 18.6 Å². The zero-order valence-electron chi connectivity index (χ0n) is 9.26. The first-order valence-corrected chi connectivity index (χ1v) is 4.90. The summed E-state index contributed by atoms with van der Waals surface area (Å²) in [7, 11) is 0. The van der Waals surface area contributed by atoms with E-state index in [9.17, 15) is 26.7 Å². The van der Waals surface area contributed by atoms with Crippen LogP contribution in [-0.4, -0.2) is 18.0 Å². The summed E-state index contributed by atoms with van der Waals surface area (Å²) in [5, 5.41) is 10.0. The SMILES string of the molecule is N#Cc1cccc(CNC(=O)C(F)(F)C(F)(F)F)c1. The van der Waals surface area contributed by atoms with Gasteiger partial charge >= 0.3 is 18.0 Å². The second-order valence-electron chi connectivity index (χ2n) is 3.57. The Morgan fingerprint density at radius 2 is 1.89 bits per heavy atom. The Labute approximate surface area is 104 Å². The minimum atomic E-state index is -5.94. The predicted octanol–water partition coefficient (Wildman–Crippen LogP) is 2.37. The summed E-state index contributed by atoms with van der Waals surface area (Å²) in [5.41, 5.74) is 0.444. The van der Waals surface area contributed by atoms with Crippen molar-refractivity contribution in [3.8, 4) is 6.07 Å². The Morgan fingerprint density at radius 1 is 1.26 bits per heavy atom.